The van der Waals surface area contributed by atoms with Gasteiger partial charge in [-0.15, -0.1) is 0 Å². The minimum Gasteiger partial charge on any atom is -0.492 e. The summed E-state index contributed by atoms with van der Waals surface area (Å²) in [5.74, 6) is 5.61. The van der Waals surface area contributed by atoms with Crippen LogP contribution >= 0.6 is 0 Å². The summed E-state index contributed by atoms with van der Waals surface area (Å²) in [5, 5.41) is 8.30. The summed E-state index contributed by atoms with van der Waals surface area (Å²) in [6.07, 6.45) is 0.405. The highest BCUT2D eigenvalue weighted by atomic mass is 16.5. The number of ketones is 1. The van der Waals surface area contributed by atoms with Crippen LogP contribution in [0.5, 0.6) is 5.75 Å². The Bertz CT molecular complexity index is 515. The molecule has 0 fully saturated rings. The van der Waals surface area contributed by atoms with Crippen LogP contribution in [0.3, 0.4) is 0 Å². The fraction of sp³-hybridized carbons (Fsp3) is 0.167. The molecule has 0 amide bonds. The van der Waals surface area contributed by atoms with Crippen LogP contribution in [-0.2, 0) is 0 Å². The van der Waals surface area contributed by atoms with Crippen LogP contribution in [0.25, 0.3) is 0 Å². The Morgan fingerprint density at radius 3 is 3.07 bits per heavy atom. The SMILES string of the molecule is N#CC#Cc1ccc2c(c1)C(=O)CCO2. The summed E-state index contributed by atoms with van der Waals surface area (Å²) >= 11 is 0. The minimum absolute atomic E-state index is 0.0665. The van der Waals surface area contributed by atoms with Gasteiger partial charge in [-0.3, -0.25) is 4.79 Å². The quantitative estimate of drug-likeness (QED) is 0.592. The van der Waals surface area contributed by atoms with Gasteiger partial charge in [-0.25, -0.2) is 0 Å². The van der Waals surface area contributed by atoms with E-state index in [1.165, 1.54) is 0 Å². The molecule has 1 aliphatic rings. The molecule has 0 atom stereocenters. The van der Waals surface area contributed by atoms with E-state index in [0.29, 0.717) is 29.9 Å². The van der Waals surface area contributed by atoms with E-state index in [-0.39, 0.29) is 5.78 Å². The molecule has 1 aliphatic heterocycles. The fourth-order valence-electron chi connectivity index (χ4n) is 1.44. The molecule has 3 nitrogen and oxygen atoms in total. The van der Waals surface area contributed by atoms with Crippen molar-refractivity contribution in [3.8, 4) is 23.7 Å². The lowest BCUT2D eigenvalue weighted by Crippen LogP contribution is -2.15. The topological polar surface area (TPSA) is 50.1 Å². The van der Waals surface area contributed by atoms with Crippen LogP contribution in [0.4, 0.5) is 0 Å². The lowest BCUT2D eigenvalue weighted by molar-refractivity contribution is 0.0933. The Kier molecular flexibility index (Phi) is 2.39. The second-order valence-corrected chi connectivity index (χ2v) is 3.09. The second kappa shape index (κ2) is 3.86. The highest BCUT2D eigenvalue weighted by Crippen LogP contribution is 2.25. The van der Waals surface area contributed by atoms with E-state index in [1.54, 1.807) is 24.3 Å². The molecule has 1 aromatic carbocycles. The number of fused-ring (bicyclic) bond motifs is 1. The highest BCUT2D eigenvalue weighted by Gasteiger charge is 2.17. The zero-order valence-corrected chi connectivity index (χ0v) is 7.91. The summed E-state index contributed by atoms with van der Waals surface area (Å²) in [7, 11) is 0. The smallest absolute Gasteiger partial charge is 0.170 e. The molecular formula is C12H7NO2. The van der Waals surface area contributed by atoms with Gasteiger partial charge in [0, 0.05) is 17.9 Å². The van der Waals surface area contributed by atoms with Crippen LogP contribution in [0.15, 0.2) is 18.2 Å². The molecule has 15 heavy (non-hydrogen) atoms. The third-order valence-electron chi connectivity index (χ3n) is 2.13. The van der Waals surface area contributed by atoms with Crippen molar-refractivity contribution in [1.82, 2.24) is 0 Å². The van der Waals surface area contributed by atoms with Crippen molar-refractivity contribution >= 4 is 5.78 Å². The number of hydrogen-bond acceptors (Lipinski definition) is 3. The van der Waals surface area contributed by atoms with Gasteiger partial charge in [0.2, 0.25) is 0 Å². The first-order valence-electron chi connectivity index (χ1n) is 4.51. The molecule has 0 N–H and O–H groups in total. The van der Waals surface area contributed by atoms with Gasteiger partial charge in [-0.1, -0.05) is 5.92 Å². The monoisotopic (exact) mass is 197 g/mol. The van der Waals surface area contributed by atoms with E-state index in [0.717, 1.165) is 0 Å². The third kappa shape index (κ3) is 1.82. The first-order valence-corrected chi connectivity index (χ1v) is 4.51. The molecule has 0 saturated heterocycles. The Balaban J connectivity index is 2.45. The second-order valence-electron chi connectivity index (χ2n) is 3.09. The molecular weight excluding hydrogens is 190 g/mol. The largest absolute Gasteiger partial charge is 0.492 e. The fourth-order valence-corrected chi connectivity index (χ4v) is 1.44. The van der Waals surface area contributed by atoms with Crippen molar-refractivity contribution in [2.75, 3.05) is 6.61 Å². The maximum absolute atomic E-state index is 11.5. The third-order valence-corrected chi connectivity index (χ3v) is 2.13. The zero-order valence-electron chi connectivity index (χ0n) is 7.91. The van der Waals surface area contributed by atoms with Crippen LogP contribution in [0.2, 0.25) is 0 Å². The van der Waals surface area contributed by atoms with Crippen molar-refractivity contribution in [3.05, 3.63) is 29.3 Å². The van der Waals surface area contributed by atoms with E-state index >= 15 is 0 Å². The average molecular weight is 197 g/mol. The number of benzene rings is 1. The minimum atomic E-state index is 0.0665. The Morgan fingerprint density at radius 2 is 2.27 bits per heavy atom. The molecule has 3 heteroatoms. The van der Waals surface area contributed by atoms with E-state index in [2.05, 4.69) is 11.8 Å². The van der Waals surface area contributed by atoms with Gasteiger partial charge < -0.3 is 4.74 Å². The Morgan fingerprint density at radius 1 is 1.40 bits per heavy atom. The molecule has 72 valence electrons. The van der Waals surface area contributed by atoms with Crippen LogP contribution in [0, 0.1) is 23.2 Å². The molecule has 0 spiro atoms. The van der Waals surface area contributed by atoms with Crippen molar-refractivity contribution < 1.29 is 9.53 Å². The number of hydrogen-bond donors (Lipinski definition) is 0. The van der Waals surface area contributed by atoms with Crippen molar-refractivity contribution in [2.45, 2.75) is 6.42 Å². The number of Topliss-reactive ketones (excluding diaryl/α,β-unsaturated/α-hetero) is 1. The molecule has 0 aliphatic carbocycles. The number of rotatable bonds is 0. The number of ether oxygens (including phenoxy) is 1. The van der Waals surface area contributed by atoms with Gasteiger partial charge in [0.1, 0.15) is 5.75 Å². The summed E-state index contributed by atoms with van der Waals surface area (Å²) < 4.78 is 5.32. The standard InChI is InChI=1S/C12H7NO2/c13-6-1-2-9-3-4-12-10(8-9)11(14)5-7-15-12/h3-4,8H,5,7H2. The number of carbonyl (C=O) groups is 1. The maximum Gasteiger partial charge on any atom is 0.170 e. The zero-order chi connectivity index (χ0) is 10.7. The van der Waals surface area contributed by atoms with E-state index in [4.69, 9.17) is 10.00 Å². The molecule has 0 saturated carbocycles. The summed E-state index contributed by atoms with van der Waals surface area (Å²) in [6.45, 7) is 0.440. The van der Waals surface area contributed by atoms with Crippen molar-refractivity contribution in [1.29, 1.82) is 5.26 Å². The van der Waals surface area contributed by atoms with Crippen molar-refractivity contribution in [2.24, 2.45) is 0 Å². The lowest BCUT2D eigenvalue weighted by atomic mass is 10.0. The van der Waals surface area contributed by atoms with Crippen LogP contribution in [-0.4, -0.2) is 12.4 Å². The van der Waals surface area contributed by atoms with Gasteiger partial charge in [0.25, 0.3) is 0 Å². The number of carbonyl (C=O) groups excluding carboxylic acids is 1. The van der Waals surface area contributed by atoms with Gasteiger partial charge in [-0.2, -0.15) is 5.26 Å². The summed E-state index contributed by atoms with van der Waals surface area (Å²) in [6, 6.07) is 6.85. The van der Waals surface area contributed by atoms with Gasteiger partial charge in [0.15, 0.2) is 11.9 Å². The first kappa shape index (κ1) is 9.30. The molecule has 0 aromatic heterocycles. The molecule has 0 radical (unpaired) electrons. The highest BCUT2D eigenvalue weighted by molar-refractivity contribution is 5.99. The Labute approximate surface area is 87.3 Å². The van der Waals surface area contributed by atoms with Crippen LogP contribution in [0.1, 0.15) is 22.3 Å². The first-order chi connectivity index (χ1) is 7.31. The molecule has 1 heterocycles. The van der Waals surface area contributed by atoms with Gasteiger partial charge >= 0.3 is 0 Å². The predicted octanol–water partition coefficient (Wildman–Crippen LogP) is 1.53. The maximum atomic E-state index is 11.5. The van der Waals surface area contributed by atoms with Gasteiger partial charge in [0.05, 0.1) is 12.2 Å². The average Bonchev–Trinajstić information content (AvgIpc) is 2.27. The molecule has 0 unspecified atom stereocenters. The summed E-state index contributed by atoms with van der Waals surface area (Å²) in [4.78, 5) is 11.5. The summed E-state index contributed by atoms with van der Waals surface area (Å²) in [5.41, 5.74) is 1.22. The van der Waals surface area contributed by atoms with Crippen molar-refractivity contribution in [3.63, 3.8) is 0 Å². The molecule has 1 aromatic rings. The van der Waals surface area contributed by atoms with E-state index < -0.39 is 0 Å². The number of nitrogens with zero attached hydrogens (tertiary/aromatic N) is 1. The Hall–Kier alpha value is -2.26. The van der Waals surface area contributed by atoms with Crippen LogP contribution < -0.4 is 4.74 Å². The van der Waals surface area contributed by atoms with E-state index in [1.807, 2.05) is 0 Å². The van der Waals surface area contributed by atoms with Gasteiger partial charge in [-0.05, 0) is 18.2 Å². The number of nitriles is 1. The molecule has 0 bridgehead atoms. The predicted molar refractivity (Wildman–Crippen MR) is 53.4 cm³/mol. The normalized spacial score (nSPS) is 12.9. The lowest BCUT2D eigenvalue weighted by Gasteiger charge is -2.15. The molecule has 2 rings (SSSR count). The van der Waals surface area contributed by atoms with E-state index in [9.17, 15) is 4.79 Å².